The Balaban J connectivity index is 4.96. The number of rotatable bonds is 5. The van der Waals surface area contributed by atoms with Crippen molar-refractivity contribution in [3.63, 3.8) is 0 Å². The molecule has 3 N–H and O–H groups in total. The van der Waals surface area contributed by atoms with Crippen molar-refractivity contribution in [2.24, 2.45) is 0 Å². The number of hydrogen-bond donors (Lipinski definition) is 3. The molecule has 0 aromatic rings. The molecule has 0 spiro atoms. The van der Waals surface area contributed by atoms with Crippen LogP contribution in [0.2, 0.25) is 0 Å². The fourth-order valence-corrected chi connectivity index (χ4v) is 1.66. The van der Waals surface area contributed by atoms with Gasteiger partial charge in [0.05, 0.1) is 0 Å². The van der Waals surface area contributed by atoms with Crippen molar-refractivity contribution in [1.29, 1.82) is 0 Å². The maximum absolute atomic E-state index is 10.0. The molecule has 3 unspecified atom stereocenters. The third-order valence-corrected chi connectivity index (χ3v) is 2.75. The summed E-state index contributed by atoms with van der Waals surface area (Å²) in [4.78, 5) is 1.32. The first kappa shape index (κ1) is 13.8. The van der Waals surface area contributed by atoms with E-state index in [-0.39, 0.29) is 0 Å². The van der Waals surface area contributed by atoms with Crippen LogP contribution in [0.5, 0.6) is 0 Å². The second-order valence-electron chi connectivity index (χ2n) is 4.14. The number of aliphatic hydroxyl groups is 3. The molecule has 0 aliphatic carbocycles. The minimum absolute atomic E-state index is 0.439. The van der Waals surface area contributed by atoms with Gasteiger partial charge in [0.15, 0.2) is 0 Å². The minimum atomic E-state index is -1.20. The Morgan fingerprint density at radius 3 is 1.50 bits per heavy atom. The first-order valence-electron chi connectivity index (χ1n) is 5.11. The second kappa shape index (κ2) is 4.57. The van der Waals surface area contributed by atoms with Gasteiger partial charge in [-0.15, -0.1) is 0 Å². The smallest absolute Gasteiger partial charge is 0.119 e. The normalized spacial score (nSPS) is 22.9. The third-order valence-electron chi connectivity index (χ3n) is 2.75. The molecule has 0 rings (SSSR count). The lowest BCUT2D eigenvalue weighted by Gasteiger charge is -2.47. The summed E-state index contributed by atoms with van der Waals surface area (Å²) in [5, 5.41) is 29.6. The van der Waals surface area contributed by atoms with Gasteiger partial charge >= 0.3 is 0 Å². The average Bonchev–Trinajstić information content (AvgIpc) is 2.02. The van der Waals surface area contributed by atoms with Crippen molar-refractivity contribution in [2.75, 3.05) is 0 Å². The van der Waals surface area contributed by atoms with Crippen LogP contribution in [0.1, 0.15) is 47.5 Å². The molecule has 0 saturated heterocycles. The highest BCUT2D eigenvalue weighted by Crippen LogP contribution is 2.28. The molecule has 0 fully saturated rings. The molecule has 3 atom stereocenters. The van der Waals surface area contributed by atoms with Crippen LogP contribution in [0, 0.1) is 0 Å². The molecule has 0 bridgehead atoms. The van der Waals surface area contributed by atoms with Gasteiger partial charge in [-0.3, -0.25) is 0 Å². The van der Waals surface area contributed by atoms with Gasteiger partial charge in [-0.1, -0.05) is 13.8 Å². The summed E-state index contributed by atoms with van der Waals surface area (Å²) in [5.41, 5.74) is -2.40. The fourth-order valence-electron chi connectivity index (χ4n) is 1.66. The molecule has 0 aromatic heterocycles. The SMILES string of the molecule is CCC(C)(O)N(C(C)O)C(C)(O)CC. The predicted octanol–water partition coefficient (Wildman–Crippen LogP) is 0.864. The lowest BCUT2D eigenvalue weighted by atomic mass is 10.0. The van der Waals surface area contributed by atoms with Gasteiger partial charge in [0.1, 0.15) is 17.7 Å². The van der Waals surface area contributed by atoms with Gasteiger partial charge in [-0.2, -0.15) is 0 Å². The van der Waals surface area contributed by atoms with E-state index in [0.717, 1.165) is 0 Å². The molecule has 0 radical (unpaired) electrons. The zero-order valence-electron chi connectivity index (χ0n) is 9.78. The highest BCUT2D eigenvalue weighted by Gasteiger charge is 2.41. The minimum Gasteiger partial charge on any atom is -0.379 e. The number of nitrogens with zero attached hydrogens (tertiary/aromatic N) is 1. The van der Waals surface area contributed by atoms with Crippen LogP contribution in [-0.2, 0) is 0 Å². The largest absolute Gasteiger partial charge is 0.379 e. The quantitative estimate of drug-likeness (QED) is 0.583. The van der Waals surface area contributed by atoms with Crippen LogP contribution in [0.4, 0.5) is 0 Å². The molecule has 4 nitrogen and oxygen atoms in total. The van der Waals surface area contributed by atoms with Crippen molar-refractivity contribution in [3.8, 4) is 0 Å². The van der Waals surface area contributed by atoms with Crippen molar-refractivity contribution in [2.45, 2.75) is 65.1 Å². The Kier molecular flexibility index (Phi) is 4.52. The summed E-state index contributed by atoms with van der Waals surface area (Å²) in [6.45, 7) is 8.32. The summed E-state index contributed by atoms with van der Waals surface area (Å²) in [6.07, 6.45) is -0.0119. The van der Waals surface area contributed by atoms with Gasteiger partial charge in [0.2, 0.25) is 0 Å². The predicted molar refractivity (Wildman–Crippen MR) is 55.3 cm³/mol. The van der Waals surface area contributed by atoms with Crippen molar-refractivity contribution >= 4 is 0 Å². The number of hydrogen-bond acceptors (Lipinski definition) is 4. The molecule has 0 heterocycles. The Morgan fingerprint density at radius 2 is 1.36 bits per heavy atom. The van der Waals surface area contributed by atoms with Gasteiger partial charge < -0.3 is 15.3 Å². The van der Waals surface area contributed by atoms with E-state index in [4.69, 9.17) is 0 Å². The van der Waals surface area contributed by atoms with Crippen LogP contribution in [-0.4, -0.2) is 37.9 Å². The van der Waals surface area contributed by atoms with Crippen LogP contribution >= 0.6 is 0 Å². The Hall–Kier alpha value is -0.160. The Labute approximate surface area is 86.2 Å². The van der Waals surface area contributed by atoms with Gasteiger partial charge in [-0.25, -0.2) is 4.90 Å². The van der Waals surface area contributed by atoms with E-state index >= 15 is 0 Å². The van der Waals surface area contributed by atoms with Gasteiger partial charge in [-0.05, 0) is 33.6 Å². The Morgan fingerprint density at radius 1 is 1.07 bits per heavy atom. The lowest BCUT2D eigenvalue weighted by molar-refractivity contribution is -0.267. The zero-order valence-corrected chi connectivity index (χ0v) is 9.78. The van der Waals surface area contributed by atoms with Crippen LogP contribution < -0.4 is 0 Å². The maximum atomic E-state index is 10.0. The van der Waals surface area contributed by atoms with Crippen LogP contribution in [0.15, 0.2) is 0 Å². The standard InChI is InChI=1S/C10H23NO3/c1-6-9(4,13)11(8(3)12)10(5,14)7-2/h8,12-14H,6-7H2,1-5H3. The van der Waals surface area contributed by atoms with Crippen LogP contribution in [0.25, 0.3) is 0 Å². The van der Waals surface area contributed by atoms with E-state index in [1.54, 1.807) is 27.7 Å². The summed E-state index contributed by atoms with van der Waals surface area (Å²) >= 11 is 0. The highest BCUT2D eigenvalue weighted by atomic mass is 16.4. The molecule has 86 valence electrons. The first-order chi connectivity index (χ1) is 6.19. The number of aliphatic hydroxyl groups excluding tert-OH is 1. The average molecular weight is 205 g/mol. The lowest BCUT2D eigenvalue weighted by Crippen LogP contribution is -2.61. The van der Waals surface area contributed by atoms with E-state index in [2.05, 4.69) is 0 Å². The summed E-state index contributed by atoms with van der Waals surface area (Å²) < 4.78 is 0. The second-order valence-corrected chi connectivity index (χ2v) is 4.14. The zero-order chi connectivity index (χ0) is 11.6. The van der Waals surface area contributed by atoms with E-state index < -0.39 is 17.7 Å². The molecule has 0 saturated carbocycles. The topological polar surface area (TPSA) is 63.9 Å². The molecular weight excluding hydrogens is 182 g/mol. The molecule has 0 aromatic carbocycles. The molecule has 0 amide bonds. The van der Waals surface area contributed by atoms with Gasteiger partial charge in [0.25, 0.3) is 0 Å². The first-order valence-corrected chi connectivity index (χ1v) is 5.11. The fraction of sp³-hybridized carbons (Fsp3) is 1.00. The molecule has 14 heavy (non-hydrogen) atoms. The monoisotopic (exact) mass is 205 g/mol. The molecule has 4 heteroatoms. The van der Waals surface area contributed by atoms with E-state index in [9.17, 15) is 15.3 Å². The molecule has 0 aliphatic heterocycles. The van der Waals surface area contributed by atoms with Crippen molar-refractivity contribution in [1.82, 2.24) is 4.90 Å². The Bertz CT molecular complexity index is 162. The summed E-state index contributed by atoms with van der Waals surface area (Å²) in [6, 6.07) is 0. The molecule has 0 aliphatic rings. The third kappa shape index (κ3) is 2.92. The summed E-state index contributed by atoms with van der Waals surface area (Å²) in [5.74, 6) is 0. The highest BCUT2D eigenvalue weighted by molar-refractivity contribution is 4.83. The molecular formula is C10H23NO3. The van der Waals surface area contributed by atoms with Crippen molar-refractivity contribution < 1.29 is 15.3 Å². The maximum Gasteiger partial charge on any atom is 0.119 e. The van der Waals surface area contributed by atoms with Gasteiger partial charge in [0, 0.05) is 0 Å². The van der Waals surface area contributed by atoms with E-state index in [1.165, 1.54) is 11.8 Å². The summed E-state index contributed by atoms with van der Waals surface area (Å²) in [7, 11) is 0. The van der Waals surface area contributed by atoms with Crippen molar-refractivity contribution in [3.05, 3.63) is 0 Å². The van der Waals surface area contributed by atoms with Crippen LogP contribution in [0.3, 0.4) is 0 Å². The van der Waals surface area contributed by atoms with E-state index in [1.807, 2.05) is 0 Å². The van der Waals surface area contributed by atoms with E-state index in [0.29, 0.717) is 12.8 Å².